The van der Waals surface area contributed by atoms with Crippen LogP contribution < -0.4 is 20.1 Å². The first-order valence-corrected chi connectivity index (χ1v) is 7.86. The summed E-state index contributed by atoms with van der Waals surface area (Å²) in [6.45, 7) is 1.85. The maximum Gasteiger partial charge on any atom is 0.243 e. The predicted molar refractivity (Wildman–Crippen MR) is 96.1 cm³/mol. The zero-order chi connectivity index (χ0) is 18.2. The molecule has 2 N–H and O–H groups in total. The Morgan fingerprint density at radius 2 is 1.68 bits per heavy atom. The summed E-state index contributed by atoms with van der Waals surface area (Å²) in [4.78, 5) is 24.0. The van der Waals surface area contributed by atoms with Crippen LogP contribution >= 0.6 is 0 Å². The Morgan fingerprint density at radius 3 is 2.36 bits per heavy atom. The molecule has 0 radical (unpaired) electrons. The summed E-state index contributed by atoms with van der Waals surface area (Å²) in [6, 6.07) is 12.7. The van der Waals surface area contributed by atoms with Crippen molar-refractivity contribution in [1.82, 2.24) is 5.32 Å². The summed E-state index contributed by atoms with van der Waals surface area (Å²) in [7, 11) is 3.06. The van der Waals surface area contributed by atoms with Gasteiger partial charge in [-0.1, -0.05) is 24.3 Å². The Kier molecular flexibility index (Phi) is 6.39. The lowest BCUT2D eigenvalue weighted by Crippen LogP contribution is -2.33. The quantitative estimate of drug-likeness (QED) is 0.809. The van der Waals surface area contributed by atoms with Crippen LogP contribution in [0.15, 0.2) is 42.5 Å². The molecule has 0 spiro atoms. The zero-order valence-electron chi connectivity index (χ0n) is 14.6. The second-order valence-electron chi connectivity index (χ2n) is 5.50. The average molecular weight is 342 g/mol. The molecule has 0 fully saturated rings. The number of rotatable bonds is 7. The molecule has 2 aromatic carbocycles. The predicted octanol–water partition coefficient (Wildman–Crippen LogP) is 2.31. The number of aryl methyl sites for hydroxylation is 1. The van der Waals surface area contributed by atoms with Crippen LogP contribution in [0.2, 0.25) is 0 Å². The number of methoxy groups -OCH3 is 2. The number of hydrogen-bond acceptors (Lipinski definition) is 4. The molecule has 0 aliphatic rings. The van der Waals surface area contributed by atoms with Gasteiger partial charge in [0.1, 0.15) is 0 Å². The van der Waals surface area contributed by atoms with Crippen LogP contribution in [0.3, 0.4) is 0 Å². The van der Waals surface area contributed by atoms with E-state index >= 15 is 0 Å². The third-order valence-electron chi connectivity index (χ3n) is 3.73. The minimum atomic E-state index is -0.314. The number of nitrogens with one attached hydrogen (secondary N) is 2. The molecule has 2 rings (SSSR count). The van der Waals surface area contributed by atoms with Crippen LogP contribution in [-0.2, 0) is 16.0 Å². The topological polar surface area (TPSA) is 76.7 Å². The van der Waals surface area contributed by atoms with E-state index in [1.807, 2.05) is 31.2 Å². The number of carbonyl (C=O) groups excluding carboxylic acids is 2. The molecule has 6 heteroatoms. The van der Waals surface area contributed by atoms with E-state index in [0.717, 1.165) is 11.1 Å². The smallest absolute Gasteiger partial charge is 0.243 e. The standard InChI is InChI=1S/C19H22N2O4/c1-13-6-4-5-7-14(13)10-18(22)20-12-19(23)21-15-8-9-16(24-2)17(11-15)25-3/h4-9,11H,10,12H2,1-3H3,(H,20,22)(H,21,23). The van der Waals surface area contributed by atoms with Gasteiger partial charge in [0, 0.05) is 11.8 Å². The number of hydrogen-bond donors (Lipinski definition) is 2. The number of anilines is 1. The number of carbonyl (C=O) groups is 2. The first-order chi connectivity index (χ1) is 12.0. The molecule has 0 atom stereocenters. The monoisotopic (exact) mass is 342 g/mol. The molecule has 0 unspecified atom stereocenters. The zero-order valence-corrected chi connectivity index (χ0v) is 14.6. The van der Waals surface area contributed by atoms with Crippen molar-refractivity contribution >= 4 is 17.5 Å². The van der Waals surface area contributed by atoms with Gasteiger partial charge in [-0.05, 0) is 30.2 Å². The van der Waals surface area contributed by atoms with Crippen LogP contribution in [0, 0.1) is 6.92 Å². The van der Waals surface area contributed by atoms with E-state index in [1.165, 1.54) is 7.11 Å². The van der Waals surface area contributed by atoms with Gasteiger partial charge >= 0.3 is 0 Å². The highest BCUT2D eigenvalue weighted by atomic mass is 16.5. The normalized spacial score (nSPS) is 10.0. The highest BCUT2D eigenvalue weighted by Gasteiger charge is 2.10. The fourth-order valence-electron chi connectivity index (χ4n) is 2.34. The maximum absolute atomic E-state index is 12.0. The van der Waals surface area contributed by atoms with Gasteiger partial charge in [-0.3, -0.25) is 9.59 Å². The molecule has 0 aromatic heterocycles. The van der Waals surface area contributed by atoms with Crippen molar-refractivity contribution in [3.8, 4) is 11.5 Å². The van der Waals surface area contributed by atoms with Crippen LogP contribution in [0.4, 0.5) is 5.69 Å². The average Bonchev–Trinajstić information content (AvgIpc) is 2.62. The van der Waals surface area contributed by atoms with Crippen molar-refractivity contribution in [1.29, 1.82) is 0 Å². The largest absolute Gasteiger partial charge is 0.493 e. The van der Waals surface area contributed by atoms with Gasteiger partial charge in [0.25, 0.3) is 0 Å². The van der Waals surface area contributed by atoms with E-state index in [9.17, 15) is 9.59 Å². The molecule has 132 valence electrons. The van der Waals surface area contributed by atoms with E-state index in [0.29, 0.717) is 17.2 Å². The fourth-order valence-corrected chi connectivity index (χ4v) is 2.34. The van der Waals surface area contributed by atoms with Crippen LogP contribution in [0.1, 0.15) is 11.1 Å². The van der Waals surface area contributed by atoms with E-state index in [-0.39, 0.29) is 24.8 Å². The highest BCUT2D eigenvalue weighted by molar-refractivity contribution is 5.95. The second kappa shape index (κ2) is 8.73. The molecule has 0 heterocycles. The summed E-state index contributed by atoms with van der Waals surface area (Å²) >= 11 is 0. The summed E-state index contributed by atoms with van der Waals surface area (Å²) < 4.78 is 10.3. The first kappa shape index (κ1) is 18.3. The minimum absolute atomic E-state index is 0.0982. The number of ether oxygens (including phenoxy) is 2. The minimum Gasteiger partial charge on any atom is -0.493 e. The molecule has 0 aliphatic carbocycles. The molecular weight excluding hydrogens is 320 g/mol. The van der Waals surface area contributed by atoms with E-state index in [2.05, 4.69) is 10.6 Å². The highest BCUT2D eigenvalue weighted by Crippen LogP contribution is 2.29. The number of benzene rings is 2. The Balaban J connectivity index is 1.86. The molecule has 2 aromatic rings. The van der Waals surface area contributed by atoms with Crippen molar-refractivity contribution in [2.45, 2.75) is 13.3 Å². The molecular formula is C19H22N2O4. The summed E-state index contributed by atoms with van der Waals surface area (Å²) in [5.74, 6) is 0.582. The Hall–Kier alpha value is -3.02. The summed E-state index contributed by atoms with van der Waals surface area (Å²) in [5, 5.41) is 5.33. The van der Waals surface area contributed by atoms with E-state index in [1.54, 1.807) is 25.3 Å². The summed E-state index contributed by atoms with van der Waals surface area (Å²) in [5.41, 5.74) is 2.56. The van der Waals surface area contributed by atoms with E-state index in [4.69, 9.17) is 9.47 Å². The first-order valence-electron chi connectivity index (χ1n) is 7.86. The molecule has 2 amide bonds. The summed E-state index contributed by atoms with van der Waals surface area (Å²) in [6.07, 6.45) is 0.246. The number of amides is 2. The maximum atomic E-state index is 12.0. The lowest BCUT2D eigenvalue weighted by atomic mass is 10.1. The van der Waals surface area contributed by atoms with Gasteiger partial charge in [-0.2, -0.15) is 0 Å². The Bertz CT molecular complexity index is 759. The molecule has 0 bridgehead atoms. The SMILES string of the molecule is COc1ccc(NC(=O)CNC(=O)Cc2ccccc2C)cc1OC. The fraction of sp³-hybridized carbons (Fsp3) is 0.263. The second-order valence-corrected chi connectivity index (χ2v) is 5.50. The van der Waals surface area contributed by atoms with Gasteiger partial charge in [0.05, 0.1) is 27.2 Å². The van der Waals surface area contributed by atoms with E-state index < -0.39 is 0 Å². The van der Waals surface area contributed by atoms with Crippen LogP contribution in [0.5, 0.6) is 11.5 Å². The van der Waals surface area contributed by atoms with Gasteiger partial charge < -0.3 is 20.1 Å². The molecule has 25 heavy (non-hydrogen) atoms. The third-order valence-corrected chi connectivity index (χ3v) is 3.73. The van der Waals surface area contributed by atoms with Crippen molar-refractivity contribution in [2.24, 2.45) is 0 Å². The third kappa shape index (κ3) is 5.24. The van der Waals surface area contributed by atoms with Gasteiger partial charge in [0.15, 0.2) is 11.5 Å². The molecule has 0 aliphatic heterocycles. The van der Waals surface area contributed by atoms with Crippen LogP contribution in [-0.4, -0.2) is 32.6 Å². The van der Waals surface area contributed by atoms with Crippen molar-refractivity contribution in [3.05, 3.63) is 53.6 Å². The van der Waals surface area contributed by atoms with Gasteiger partial charge in [-0.15, -0.1) is 0 Å². The Morgan fingerprint density at radius 1 is 0.960 bits per heavy atom. The molecule has 0 saturated carbocycles. The molecule has 0 saturated heterocycles. The van der Waals surface area contributed by atoms with Crippen molar-refractivity contribution < 1.29 is 19.1 Å². The lowest BCUT2D eigenvalue weighted by Gasteiger charge is -2.11. The van der Waals surface area contributed by atoms with Crippen molar-refractivity contribution in [2.75, 3.05) is 26.1 Å². The van der Waals surface area contributed by atoms with Gasteiger partial charge in [-0.25, -0.2) is 0 Å². The lowest BCUT2D eigenvalue weighted by molar-refractivity contribution is -0.123. The van der Waals surface area contributed by atoms with Gasteiger partial charge in [0.2, 0.25) is 11.8 Å². The van der Waals surface area contributed by atoms with Crippen LogP contribution in [0.25, 0.3) is 0 Å². The Labute approximate surface area is 147 Å². The molecule has 6 nitrogen and oxygen atoms in total. The van der Waals surface area contributed by atoms with Crippen molar-refractivity contribution in [3.63, 3.8) is 0 Å².